The van der Waals surface area contributed by atoms with Gasteiger partial charge in [-0.3, -0.25) is 4.79 Å². The van der Waals surface area contributed by atoms with E-state index >= 15 is 0 Å². The number of aliphatic hydroxyl groups excluding tert-OH is 1. The predicted octanol–water partition coefficient (Wildman–Crippen LogP) is 3.77. The first-order valence-electron chi connectivity index (χ1n) is 5.49. The maximum absolute atomic E-state index is 11.6. The Hall–Kier alpha value is -0.570. The molecule has 1 N–H and O–H groups in total. The van der Waals surface area contributed by atoms with Gasteiger partial charge in [0, 0.05) is 24.8 Å². The Balaban J connectivity index is 2.17. The van der Waals surface area contributed by atoms with Gasteiger partial charge in [0.25, 0.3) is 0 Å². The summed E-state index contributed by atoms with van der Waals surface area (Å²) in [7, 11) is 0. The maximum atomic E-state index is 11.6. The Bertz CT molecular complexity index is 353. The van der Waals surface area contributed by atoms with Gasteiger partial charge in [-0.2, -0.15) is 0 Å². The summed E-state index contributed by atoms with van der Waals surface area (Å²) in [6, 6.07) is 0. The van der Waals surface area contributed by atoms with E-state index in [4.69, 9.17) is 0 Å². The third kappa shape index (κ3) is 2.33. The van der Waals surface area contributed by atoms with Gasteiger partial charge >= 0.3 is 0 Å². The molecule has 2 rings (SSSR count). The Morgan fingerprint density at radius 2 is 1.87 bits per heavy atom. The molecule has 0 unspecified atom stereocenters. The molecule has 2 aliphatic carbocycles. The van der Waals surface area contributed by atoms with Crippen LogP contribution in [0.3, 0.4) is 0 Å². The highest BCUT2D eigenvalue weighted by atomic mass is 79.9. The van der Waals surface area contributed by atoms with E-state index in [0.29, 0.717) is 30.6 Å². The summed E-state index contributed by atoms with van der Waals surface area (Å²) in [4.78, 5) is 11.6. The Kier molecular flexibility index (Phi) is 3.29. The van der Waals surface area contributed by atoms with E-state index in [0.717, 1.165) is 25.7 Å². The molecule has 0 spiro atoms. The molecule has 2 nitrogen and oxygen atoms in total. The molecule has 0 amide bonds. The number of Topliss-reactive ketones (excluding diaryl/α,β-unsaturated/α-hetero) is 1. The van der Waals surface area contributed by atoms with Gasteiger partial charge in [-0.25, -0.2) is 0 Å². The average molecular weight is 271 g/mol. The zero-order valence-corrected chi connectivity index (χ0v) is 10.3. The smallest absolute Gasteiger partial charge is 0.162 e. The topological polar surface area (TPSA) is 37.3 Å². The number of hydrogen-bond acceptors (Lipinski definition) is 2. The molecule has 82 valence electrons. The molecule has 0 aliphatic heterocycles. The van der Waals surface area contributed by atoms with Crippen molar-refractivity contribution >= 4 is 21.7 Å². The second kappa shape index (κ2) is 4.52. The number of rotatable bonds is 2. The fourth-order valence-electron chi connectivity index (χ4n) is 2.25. The highest BCUT2D eigenvalue weighted by Crippen LogP contribution is 2.36. The Morgan fingerprint density at radius 1 is 1.13 bits per heavy atom. The minimum absolute atomic E-state index is 0.137. The SMILES string of the molecule is O=C1CCCC(O)=C1CC1=C(Br)CCC1. The van der Waals surface area contributed by atoms with Gasteiger partial charge in [-0.05, 0) is 30.2 Å². The third-order valence-electron chi connectivity index (χ3n) is 3.15. The van der Waals surface area contributed by atoms with E-state index < -0.39 is 0 Å². The second-order valence-corrected chi connectivity index (χ2v) is 5.20. The first kappa shape index (κ1) is 10.9. The van der Waals surface area contributed by atoms with E-state index in [1.807, 2.05) is 0 Å². The zero-order valence-electron chi connectivity index (χ0n) is 8.68. The minimum atomic E-state index is 0.137. The molecule has 0 saturated heterocycles. The van der Waals surface area contributed by atoms with E-state index in [9.17, 15) is 9.90 Å². The van der Waals surface area contributed by atoms with Crippen molar-refractivity contribution in [3.63, 3.8) is 0 Å². The lowest BCUT2D eigenvalue weighted by Crippen LogP contribution is -2.12. The normalized spacial score (nSPS) is 22.9. The number of carbonyl (C=O) groups is 1. The zero-order chi connectivity index (χ0) is 10.8. The summed E-state index contributed by atoms with van der Waals surface area (Å²) < 4.78 is 1.24. The number of allylic oxidation sites excluding steroid dienone is 4. The van der Waals surface area contributed by atoms with Crippen LogP contribution in [0.1, 0.15) is 44.9 Å². The molecular weight excluding hydrogens is 256 g/mol. The summed E-state index contributed by atoms with van der Waals surface area (Å²) in [5.74, 6) is 0.462. The van der Waals surface area contributed by atoms with E-state index in [1.54, 1.807) is 0 Å². The molecule has 15 heavy (non-hydrogen) atoms. The van der Waals surface area contributed by atoms with Crippen molar-refractivity contribution < 1.29 is 9.90 Å². The molecule has 3 heteroatoms. The van der Waals surface area contributed by atoms with E-state index in [-0.39, 0.29) is 5.78 Å². The van der Waals surface area contributed by atoms with Crippen LogP contribution in [0.5, 0.6) is 0 Å². The number of ketones is 1. The second-order valence-electron chi connectivity index (χ2n) is 4.24. The number of carbonyl (C=O) groups excluding carboxylic acids is 1. The number of halogens is 1. The average Bonchev–Trinajstić information content (AvgIpc) is 2.58. The molecule has 0 atom stereocenters. The summed E-state index contributed by atoms with van der Waals surface area (Å²) in [5.41, 5.74) is 1.96. The minimum Gasteiger partial charge on any atom is -0.512 e. The highest BCUT2D eigenvalue weighted by Gasteiger charge is 2.23. The molecule has 0 bridgehead atoms. The number of aliphatic hydroxyl groups is 1. The lowest BCUT2D eigenvalue weighted by atomic mass is 9.91. The number of hydrogen-bond donors (Lipinski definition) is 1. The van der Waals surface area contributed by atoms with Crippen LogP contribution in [0.25, 0.3) is 0 Å². The van der Waals surface area contributed by atoms with Crippen LogP contribution >= 0.6 is 15.9 Å². The maximum Gasteiger partial charge on any atom is 0.162 e. The standard InChI is InChI=1S/C12H15BrO2/c13-10-4-1-3-8(10)7-9-11(14)5-2-6-12(9)15/h14H,1-7H2. The van der Waals surface area contributed by atoms with Gasteiger partial charge < -0.3 is 5.11 Å². The quantitative estimate of drug-likeness (QED) is 0.830. The van der Waals surface area contributed by atoms with Crippen LogP contribution in [0.4, 0.5) is 0 Å². The third-order valence-corrected chi connectivity index (χ3v) is 4.11. The fraction of sp³-hybridized carbons (Fsp3) is 0.583. The lowest BCUT2D eigenvalue weighted by molar-refractivity contribution is -0.116. The molecule has 0 radical (unpaired) electrons. The van der Waals surface area contributed by atoms with Crippen molar-refractivity contribution in [2.24, 2.45) is 0 Å². The summed E-state index contributed by atoms with van der Waals surface area (Å²) in [6.45, 7) is 0. The van der Waals surface area contributed by atoms with Crippen LogP contribution in [0.2, 0.25) is 0 Å². The summed E-state index contributed by atoms with van der Waals surface area (Å²) in [6.07, 6.45) is 6.04. The van der Waals surface area contributed by atoms with Gasteiger partial charge in [-0.15, -0.1) is 0 Å². The van der Waals surface area contributed by atoms with Gasteiger partial charge in [0.1, 0.15) is 0 Å². The van der Waals surface area contributed by atoms with Crippen molar-refractivity contribution in [3.8, 4) is 0 Å². The first-order valence-corrected chi connectivity index (χ1v) is 6.28. The molecule has 0 aromatic heterocycles. The van der Waals surface area contributed by atoms with Crippen molar-refractivity contribution in [1.29, 1.82) is 0 Å². The van der Waals surface area contributed by atoms with E-state index in [1.165, 1.54) is 10.1 Å². The predicted molar refractivity (Wildman–Crippen MR) is 62.9 cm³/mol. The van der Waals surface area contributed by atoms with E-state index in [2.05, 4.69) is 15.9 Å². The van der Waals surface area contributed by atoms with Gasteiger partial charge in [0.15, 0.2) is 5.78 Å². The van der Waals surface area contributed by atoms with Crippen LogP contribution in [-0.4, -0.2) is 10.9 Å². The fourth-order valence-corrected chi connectivity index (χ4v) is 2.87. The molecule has 0 heterocycles. The Morgan fingerprint density at radius 3 is 2.47 bits per heavy atom. The molecule has 2 aliphatic rings. The van der Waals surface area contributed by atoms with Crippen molar-refractivity contribution in [1.82, 2.24) is 0 Å². The molecular formula is C12H15BrO2. The van der Waals surface area contributed by atoms with Crippen LogP contribution in [0.15, 0.2) is 21.4 Å². The Labute approximate surface area is 98.2 Å². The van der Waals surface area contributed by atoms with Crippen molar-refractivity contribution in [2.45, 2.75) is 44.9 Å². The molecule has 0 fully saturated rings. The first-order chi connectivity index (χ1) is 7.18. The largest absolute Gasteiger partial charge is 0.512 e. The van der Waals surface area contributed by atoms with Crippen molar-refractivity contribution in [3.05, 3.63) is 21.4 Å². The van der Waals surface area contributed by atoms with Gasteiger partial charge in [0.05, 0.1) is 5.76 Å². The molecule has 0 saturated carbocycles. The highest BCUT2D eigenvalue weighted by molar-refractivity contribution is 9.11. The molecule has 0 aromatic carbocycles. The summed E-state index contributed by atoms with van der Waals surface area (Å²) in [5, 5.41) is 9.71. The van der Waals surface area contributed by atoms with Gasteiger partial charge in [-0.1, -0.05) is 21.5 Å². The van der Waals surface area contributed by atoms with Gasteiger partial charge in [0.2, 0.25) is 0 Å². The van der Waals surface area contributed by atoms with Crippen molar-refractivity contribution in [2.75, 3.05) is 0 Å². The van der Waals surface area contributed by atoms with Crippen LogP contribution in [-0.2, 0) is 4.79 Å². The monoisotopic (exact) mass is 270 g/mol. The summed E-state index contributed by atoms with van der Waals surface area (Å²) >= 11 is 3.54. The van der Waals surface area contributed by atoms with Crippen LogP contribution < -0.4 is 0 Å². The molecule has 0 aromatic rings. The van der Waals surface area contributed by atoms with Crippen LogP contribution in [0, 0.1) is 0 Å². The lowest BCUT2D eigenvalue weighted by Gasteiger charge is -2.15.